The first-order valence-corrected chi connectivity index (χ1v) is 9.05. The Bertz CT molecular complexity index is 786. The molecule has 0 spiro atoms. The van der Waals surface area contributed by atoms with Gasteiger partial charge in [0.05, 0.1) is 6.61 Å². The number of rotatable bonds is 9. The number of likely N-dealkylation sites (N-methyl/N-ethyl adjacent to an activating group) is 1. The molecule has 0 N–H and O–H groups in total. The van der Waals surface area contributed by atoms with Gasteiger partial charge >= 0.3 is 6.61 Å². The lowest BCUT2D eigenvalue weighted by atomic mass is 10.2. The van der Waals surface area contributed by atoms with Gasteiger partial charge in [-0.15, -0.1) is 0 Å². The van der Waals surface area contributed by atoms with Gasteiger partial charge in [0.25, 0.3) is 5.91 Å². The average Bonchev–Trinajstić information content (AvgIpc) is 2.65. The first kappa shape index (κ1) is 21.8. The van der Waals surface area contributed by atoms with Crippen LogP contribution in [0.5, 0.6) is 17.2 Å². The van der Waals surface area contributed by atoms with Gasteiger partial charge in [-0.25, -0.2) is 0 Å². The number of halogens is 3. The third-order valence-electron chi connectivity index (χ3n) is 3.79. The fourth-order valence-corrected chi connectivity index (χ4v) is 2.67. The van der Waals surface area contributed by atoms with Crippen LogP contribution in [-0.4, -0.2) is 37.2 Å². The zero-order chi connectivity index (χ0) is 20.7. The highest BCUT2D eigenvalue weighted by Crippen LogP contribution is 2.30. The van der Waals surface area contributed by atoms with E-state index in [-0.39, 0.29) is 24.0 Å². The lowest BCUT2D eigenvalue weighted by molar-refractivity contribution is -0.137. The zero-order valence-corrected chi connectivity index (χ0v) is 16.6. The van der Waals surface area contributed by atoms with Crippen LogP contribution in [0.2, 0.25) is 5.02 Å². The number of carbonyl (C=O) groups is 1. The number of hydrogen-bond donors (Lipinski definition) is 0. The summed E-state index contributed by atoms with van der Waals surface area (Å²) in [5, 5.41) is 0.577. The Labute approximate surface area is 167 Å². The monoisotopic (exact) mass is 413 g/mol. The summed E-state index contributed by atoms with van der Waals surface area (Å²) in [6.07, 6.45) is -0.709. The molecule has 0 aromatic heterocycles. The predicted octanol–water partition coefficient (Wildman–Crippen LogP) is 4.77. The number of carbonyl (C=O) groups excluding carboxylic acids is 1. The van der Waals surface area contributed by atoms with E-state index in [1.807, 2.05) is 0 Å². The zero-order valence-electron chi connectivity index (χ0n) is 15.8. The lowest BCUT2D eigenvalue weighted by Gasteiger charge is -2.23. The molecule has 0 bridgehead atoms. The fraction of sp³-hybridized carbons (Fsp3) is 0.350. The highest BCUT2D eigenvalue weighted by atomic mass is 35.5. The number of alkyl halides is 2. The molecule has 0 aliphatic heterocycles. The number of nitrogens with zero attached hydrogens (tertiary/aromatic N) is 1. The summed E-state index contributed by atoms with van der Waals surface area (Å²) < 4.78 is 40.4. The Morgan fingerprint density at radius 3 is 2.39 bits per heavy atom. The molecular formula is C20H22ClF2NO4. The van der Waals surface area contributed by atoms with Crippen molar-refractivity contribution < 1.29 is 27.8 Å². The standard InChI is InChI=1S/C20H22ClF2NO4/c1-4-26-18-11-14(5-10-17(18)28-20(22)23)12-24(3)19(25)13(2)27-16-8-6-15(21)7-9-16/h5-11,13,20H,4,12H2,1-3H3. The number of amides is 1. The molecule has 2 aromatic rings. The smallest absolute Gasteiger partial charge is 0.387 e. The maximum Gasteiger partial charge on any atom is 0.387 e. The molecule has 28 heavy (non-hydrogen) atoms. The Hall–Kier alpha value is -2.54. The summed E-state index contributed by atoms with van der Waals surface area (Å²) in [6, 6.07) is 11.3. The summed E-state index contributed by atoms with van der Waals surface area (Å²) in [4.78, 5) is 14.0. The molecule has 152 valence electrons. The molecule has 1 amide bonds. The third kappa shape index (κ3) is 6.27. The minimum absolute atomic E-state index is 0.0472. The van der Waals surface area contributed by atoms with Crippen molar-refractivity contribution in [1.82, 2.24) is 4.90 Å². The Balaban J connectivity index is 2.03. The molecule has 0 heterocycles. The van der Waals surface area contributed by atoms with Gasteiger partial charge in [0.15, 0.2) is 17.6 Å². The second-order valence-electron chi connectivity index (χ2n) is 6.00. The average molecular weight is 414 g/mol. The number of ether oxygens (including phenoxy) is 3. The Morgan fingerprint density at radius 2 is 1.79 bits per heavy atom. The number of hydrogen-bond acceptors (Lipinski definition) is 4. The third-order valence-corrected chi connectivity index (χ3v) is 4.05. The highest BCUT2D eigenvalue weighted by Gasteiger charge is 2.20. The molecule has 0 saturated heterocycles. The van der Waals surface area contributed by atoms with Crippen molar-refractivity contribution in [3.05, 3.63) is 53.1 Å². The largest absolute Gasteiger partial charge is 0.490 e. The molecule has 8 heteroatoms. The van der Waals surface area contributed by atoms with Crippen molar-refractivity contribution in [1.29, 1.82) is 0 Å². The molecule has 2 rings (SSSR count). The van der Waals surface area contributed by atoms with E-state index in [2.05, 4.69) is 4.74 Å². The van der Waals surface area contributed by atoms with E-state index in [1.165, 1.54) is 11.0 Å². The van der Waals surface area contributed by atoms with Crippen molar-refractivity contribution in [2.45, 2.75) is 33.1 Å². The van der Waals surface area contributed by atoms with Crippen molar-refractivity contribution in [2.24, 2.45) is 0 Å². The SMILES string of the molecule is CCOc1cc(CN(C)C(=O)C(C)Oc2ccc(Cl)cc2)ccc1OC(F)F. The minimum Gasteiger partial charge on any atom is -0.490 e. The number of benzene rings is 2. The molecule has 0 fully saturated rings. The van der Waals surface area contributed by atoms with Gasteiger partial charge in [-0.05, 0) is 55.8 Å². The minimum atomic E-state index is -2.94. The van der Waals surface area contributed by atoms with Crippen LogP contribution < -0.4 is 14.2 Å². The van der Waals surface area contributed by atoms with Gasteiger partial charge in [0, 0.05) is 18.6 Å². The Morgan fingerprint density at radius 1 is 1.11 bits per heavy atom. The van der Waals surface area contributed by atoms with E-state index in [0.29, 0.717) is 22.9 Å². The summed E-state index contributed by atoms with van der Waals surface area (Å²) in [5.41, 5.74) is 0.708. The maximum absolute atomic E-state index is 12.6. The van der Waals surface area contributed by atoms with Gasteiger partial charge < -0.3 is 19.1 Å². The second-order valence-corrected chi connectivity index (χ2v) is 6.44. The van der Waals surface area contributed by atoms with Crippen LogP contribution in [0.1, 0.15) is 19.4 Å². The molecule has 2 aromatic carbocycles. The first-order valence-electron chi connectivity index (χ1n) is 8.68. The lowest BCUT2D eigenvalue weighted by Crippen LogP contribution is -2.37. The summed E-state index contributed by atoms with van der Waals surface area (Å²) in [6.45, 7) is 0.995. The fourth-order valence-electron chi connectivity index (χ4n) is 2.54. The first-order chi connectivity index (χ1) is 13.3. The van der Waals surface area contributed by atoms with E-state index in [1.54, 1.807) is 57.3 Å². The van der Waals surface area contributed by atoms with Crippen molar-refractivity contribution >= 4 is 17.5 Å². The molecule has 0 aliphatic rings. The summed E-state index contributed by atoms with van der Waals surface area (Å²) >= 11 is 5.83. The molecule has 0 saturated carbocycles. The van der Waals surface area contributed by atoms with Gasteiger partial charge in [0.2, 0.25) is 0 Å². The van der Waals surface area contributed by atoms with Gasteiger partial charge in [-0.3, -0.25) is 4.79 Å². The molecule has 1 unspecified atom stereocenters. The van der Waals surface area contributed by atoms with Crippen LogP contribution in [0.25, 0.3) is 0 Å². The summed E-state index contributed by atoms with van der Waals surface area (Å²) in [5.74, 6) is 0.451. The molecule has 0 aliphatic carbocycles. The van der Waals surface area contributed by atoms with Gasteiger partial charge in [0.1, 0.15) is 5.75 Å². The maximum atomic E-state index is 12.6. The predicted molar refractivity (Wildman–Crippen MR) is 102 cm³/mol. The normalized spacial score (nSPS) is 11.8. The highest BCUT2D eigenvalue weighted by molar-refractivity contribution is 6.30. The van der Waals surface area contributed by atoms with Crippen LogP contribution in [-0.2, 0) is 11.3 Å². The molecule has 5 nitrogen and oxygen atoms in total. The van der Waals surface area contributed by atoms with Gasteiger partial charge in [-0.2, -0.15) is 8.78 Å². The van der Waals surface area contributed by atoms with Crippen molar-refractivity contribution in [2.75, 3.05) is 13.7 Å². The van der Waals surface area contributed by atoms with Gasteiger partial charge in [-0.1, -0.05) is 17.7 Å². The van der Waals surface area contributed by atoms with Crippen molar-refractivity contribution in [3.63, 3.8) is 0 Å². The van der Waals surface area contributed by atoms with E-state index in [4.69, 9.17) is 21.1 Å². The second kappa shape index (κ2) is 10.1. The van der Waals surface area contributed by atoms with E-state index < -0.39 is 12.7 Å². The summed E-state index contributed by atoms with van der Waals surface area (Å²) in [7, 11) is 1.63. The molecule has 0 radical (unpaired) electrons. The van der Waals surface area contributed by atoms with Crippen molar-refractivity contribution in [3.8, 4) is 17.2 Å². The Kier molecular flexibility index (Phi) is 7.87. The molecular weight excluding hydrogens is 392 g/mol. The topological polar surface area (TPSA) is 48.0 Å². The van der Waals surface area contributed by atoms with Crippen LogP contribution >= 0.6 is 11.6 Å². The quantitative estimate of drug-likeness (QED) is 0.594. The molecule has 1 atom stereocenters. The van der Waals surface area contributed by atoms with Crippen LogP contribution in [0.15, 0.2) is 42.5 Å². The van der Waals surface area contributed by atoms with Crippen LogP contribution in [0.3, 0.4) is 0 Å². The van der Waals surface area contributed by atoms with Crippen LogP contribution in [0, 0.1) is 0 Å². The van der Waals surface area contributed by atoms with E-state index in [9.17, 15) is 13.6 Å². The van der Waals surface area contributed by atoms with E-state index >= 15 is 0 Å². The van der Waals surface area contributed by atoms with E-state index in [0.717, 1.165) is 0 Å². The van der Waals surface area contributed by atoms with Crippen LogP contribution in [0.4, 0.5) is 8.78 Å².